The second-order valence-corrected chi connectivity index (χ2v) is 7.42. The molecule has 4 heteroatoms. The van der Waals surface area contributed by atoms with Gasteiger partial charge in [-0.05, 0) is 77.0 Å². The average molecular weight is 363 g/mol. The Labute approximate surface area is 134 Å². The number of rotatable bonds is 3. The molecule has 112 valence electrons. The van der Waals surface area contributed by atoms with Crippen LogP contribution < -0.4 is 5.73 Å². The second-order valence-electron chi connectivity index (χ2n) is 6.18. The number of nitrogens with two attached hydrogens (primary N) is 1. The lowest BCUT2D eigenvalue weighted by molar-refractivity contribution is 0.195. The summed E-state index contributed by atoms with van der Waals surface area (Å²) in [5.74, 6) is 1.53. The van der Waals surface area contributed by atoms with E-state index in [0.29, 0.717) is 28.8 Å². The predicted octanol–water partition coefficient (Wildman–Crippen LogP) is 5.36. The highest BCUT2D eigenvalue weighted by molar-refractivity contribution is 9.10. The lowest BCUT2D eigenvalue weighted by Gasteiger charge is -2.38. The molecule has 3 atom stereocenters. The first-order valence-electron chi connectivity index (χ1n) is 7.29. The van der Waals surface area contributed by atoms with E-state index in [0.717, 1.165) is 18.4 Å². The number of hydrogen-bond acceptors (Lipinski definition) is 1. The van der Waals surface area contributed by atoms with E-state index < -0.39 is 0 Å². The molecule has 1 fully saturated rings. The van der Waals surface area contributed by atoms with E-state index >= 15 is 0 Å². The van der Waals surface area contributed by atoms with Crippen molar-refractivity contribution in [3.05, 3.63) is 33.0 Å². The van der Waals surface area contributed by atoms with Crippen LogP contribution in [0.2, 0.25) is 5.02 Å². The molecule has 20 heavy (non-hydrogen) atoms. The summed E-state index contributed by atoms with van der Waals surface area (Å²) in [6.45, 7) is 5.10. The fourth-order valence-electron chi connectivity index (χ4n) is 3.36. The van der Waals surface area contributed by atoms with Crippen LogP contribution >= 0.6 is 27.5 Å². The third-order valence-electron chi connectivity index (χ3n) is 4.74. The molecule has 1 aliphatic carbocycles. The molecule has 3 unspecified atom stereocenters. The summed E-state index contributed by atoms with van der Waals surface area (Å²) >= 11 is 9.31. The molecule has 1 aromatic rings. The van der Waals surface area contributed by atoms with Gasteiger partial charge in [-0.25, -0.2) is 4.39 Å². The lowest BCUT2D eigenvalue weighted by Crippen LogP contribution is -2.31. The van der Waals surface area contributed by atoms with E-state index in [1.165, 1.54) is 6.42 Å². The summed E-state index contributed by atoms with van der Waals surface area (Å²) in [6.07, 6.45) is 3.29. The Balaban J connectivity index is 2.34. The monoisotopic (exact) mass is 361 g/mol. The van der Waals surface area contributed by atoms with Gasteiger partial charge in [-0.3, -0.25) is 0 Å². The Morgan fingerprint density at radius 3 is 2.70 bits per heavy atom. The van der Waals surface area contributed by atoms with Crippen molar-refractivity contribution in [3.8, 4) is 0 Å². The standard InChI is InChI=1S/C16H22BrClFN/c1-9(2)10-3-4-11(8-20)13(7-10)12-5-6-14(17)15(18)16(12)19/h5-6,9-11,13H,3-4,7-8,20H2,1-2H3. The molecular weight excluding hydrogens is 341 g/mol. The average Bonchev–Trinajstić information content (AvgIpc) is 2.44. The van der Waals surface area contributed by atoms with Crippen LogP contribution in [0, 0.1) is 23.6 Å². The fourth-order valence-corrected chi connectivity index (χ4v) is 3.84. The van der Waals surface area contributed by atoms with Gasteiger partial charge in [0.2, 0.25) is 0 Å². The Hall–Kier alpha value is -0.120. The van der Waals surface area contributed by atoms with Gasteiger partial charge in [0.1, 0.15) is 5.82 Å². The van der Waals surface area contributed by atoms with E-state index in [9.17, 15) is 4.39 Å². The van der Waals surface area contributed by atoms with Gasteiger partial charge in [0.15, 0.2) is 0 Å². The van der Waals surface area contributed by atoms with Gasteiger partial charge < -0.3 is 5.73 Å². The van der Waals surface area contributed by atoms with Crippen LogP contribution in [0.5, 0.6) is 0 Å². The molecular formula is C16H22BrClFN. The largest absolute Gasteiger partial charge is 0.330 e. The van der Waals surface area contributed by atoms with Gasteiger partial charge in [-0.15, -0.1) is 0 Å². The SMILES string of the molecule is CC(C)C1CCC(CN)C(c2ccc(Br)c(Cl)c2F)C1. The molecule has 0 aliphatic heterocycles. The van der Waals surface area contributed by atoms with Crippen molar-refractivity contribution in [3.63, 3.8) is 0 Å². The smallest absolute Gasteiger partial charge is 0.146 e. The summed E-state index contributed by atoms with van der Waals surface area (Å²) in [5, 5.41) is 0.185. The molecule has 0 spiro atoms. The third-order valence-corrected chi connectivity index (χ3v) is 6.00. The van der Waals surface area contributed by atoms with Crippen molar-refractivity contribution in [1.82, 2.24) is 0 Å². The molecule has 0 amide bonds. The first-order chi connectivity index (χ1) is 9.45. The van der Waals surface area contributed by atoms with E-state index in [4.69, 9.17) is 17.3 Å². The molecule has 2 rings (SSSR count). The predicted molar refractivity (Wildman–Crippen MR) is 86.6 cm³/mol. The Bertz CT molecular complexity index is 478. The van der Waals surface area contributed by atoms with Crippen molar-refractivity contribution >= 4 is 27.5 Å². The first kappa shape index (κ1) is 16.3. The van der Waals surface area contributed by atoms with E-state index in [1.807, 2.05) is 12.1 Å². The van der Waals surface area contributed by atoms with Crippen LogP contribution in [0.3, 0.4) is 0 Å². The minimum absolute atomic E-state index is 0.185. The molecule has 0 saturated heterocycles. The van der Waals surface area contributed by atoms with Crippen molar-refractivity contribution < 1.29 is 4.39 Å². The zero-order valence-electron chi connectivity index (χ0n) is 12.0. The maximum absolute atomic E-state index is 14.5. The van der Waals surface area contributed by atoms with E-state index in [1.54, 1.807) is 0 Å². The second kappa shape index (κ2) is 6.76. The molecule has 1 nitrogen and oxygen atoms in total. The van der Waals surface area contributed by atoms with Crippen LogP contribution in [-0.2, 0) is 0 Å². The topological polar surface area (TPSA) is 26.0 Å². The Kier molecular flexibility index (Phi) is 5.49. The molecule has 1 saturated carbocycles. The van der Waals surface area contributed by atoms with Crippen molar-refractivity contribution in [2.24, 2.45) is 23.5 Å². The van der Waals surface area contributed by atoms with E-state index in [-0.39, 0.29) is 16.8 Å². The van der Waals surface area contributed by atoms with Crippen molar-refractivity contribution in [2.75, 3.05) is 6.54 Å². The molecule has 1 aliphatic rings. The highest BCUT2D eigenvalue weighted by atomic mass is 79.9. The van der Waals surface area contributed by atoms with Crippen LogP contribution in [0.15, 0.2) is 16.6 Å². The normalized spacial score (nSPS) is 27.1. The summed E-state index contributed by atoms with van der Waals surface area (Å²) in [6, 6.07) is 3.70. The summed E-state index contributed by atoms with van der Waals surface area (Å²) in [4.78, 5) is 0. The van der Waals surface area contributed by atoms with Gasteiger partial charge in [0.25, 0.3) is 0 Å². The number of hydrogen-bond donors (Lipinski definition) is 1. The van der Waals surface area contributed by atoms with Crippen LogP contribution in [0.4, 0.5) is 4.39 Å². The zero-order valence-corrected chi connectivity index (χ0v) is 14.3. The van der Waals surface area contributed by atoms with Crippen LogP contribution in [-0.4, -0.2) is 6.54 Å². The summed E-state index contributed by atoms with van der Waals surface area (Å²) in [7, 11) is 0. The minimum atomic E-state index is -0.283. The fraction of sp³-hybridized carbons (Fsp3) is 0.625. The molecule has 0 bridgehead atoms. The van der Waals surface area contributed by atoms with Crippen molar-refractivity contribution in [1.29, 1.82) is 0 Å². The maximum atomic E-state index is 14.5. The van der Waals surface area contributed by atoms with E-state index in [2.05, 4.69) is 29.8 Å². The third kappa shape index (κ3) is 3.20. The molecule has 0 aromatic heterocycles. The highest BCUT2D eigenvalue weighted by Gasteiger charge is 2.34. The molecule has 0 heterocycles. The molecule has 0 radical (unpaired) electrons. The number of benzene rings is 1. The Morgan fingerprint density at radius 1 is 1.40 bits per heavy atom. The van der Waals surface area contributed by atoms with Gasteiger partial charge in [0.05, 0.1) is 5.02 Å². The maximum Gasteiger partial charge on any atom is 0.146 e. The molecule has 1 aromatic carbocycles. The number of halogens is 3. The van der Waals surface area contributed by atoms with Gasteiger partial charge in [-0.2, -0.15) is 0 Å². The van der Waals surface area contributed by atoms with Crippen LogP contribution in [0.1, 0.15) is 44.6 Å². The lowest BCUT2D eigenvalue weighted by atomic mass is 9.68. The van der Waals surface area contributed by atoms with Gasteiger partial charge >= 0.3 is 0 Å². The summed E-state index contributed by atoms with van der Waals surface area (Å²) < 4.78 is 15.1. The quantitative estimate of drug-likeness (QED) is 0.720. The Morgan fingerprint density at radius 2 is 2.10 bits per heavy atom. The molecule has 2 N–H and O–H groups in total. The minimum Gasteiger partial charge on any atom is -0.330 e. The van der Waals surface area contributed by atoms with Crippen LogP contribution in [0.25, 0.3) is 0 Å². The first-order valence-corrected chi connectivity index (χ1v) is 8.46. The summed E-state index contributed by atoms with van der Waals surface area (Å²) in [5.41, 5.74) is 6.64. The highest BCUT2D eigenvalue weighted by Crippen LogP contribution is 2.44. The van der Waals surface area contributed by atoms with Gasteiger partial charge in [-0.1, -0.05) is 31.5 Å². The van der Waals surface area contributed by atoms with Crippen molar-refractivity contribution in [2.45, 2.75) is 39.0 Å². The van der Waals surface area contributed by atoms with Gasteiger partial charge in [0, 0.05) is 4.47 Å². The zero-order chi connectivity index (χ0) is 14.9.